The van der Waals surface area contributed by atoms with Crippen LogP contribution in [-0.4, -0.2) is 40.1 Å². The molecule has 1 fully saturated rings. The van der Waals surface area contributed by atoms with E-state index in [1.54, 1.807) is 4.90 Å². The second-order valence-electron chi connectivity index (χ2n) is 3.78. The zero-order valence-electron chi connectivity index (χ0n) is 8.56. The first-order chi connectivity index (χ1) is 7.58. The van der Waals surface area contributed by atoms with Crippen LogP contribution in [0.3, 0.4) is 0 Å². The number of anilines is 1. The van der Waals surface area contributed by atoms with Crippen molar-refractivity contribution >= 4 is 23.3 Å². The number of likely N-dealkylation sites (tertiary alicyclic amines) is 1. The smallest absolute Gasteiger partial charge is 0.255 e. The molecule has 1 amide bonds. The Morgan fingerprint density at radius 2 is 2.44 bits per heavy atom. The largest absolute Gasteiger partial charge is 0.391 e. The third-order valence-corrected chi connectivity index (χ3v) is 2.86. The number of carbonyl (C=O) groups excluding carboxylic acids is 1. The number of pyridine rings is 1. The first-order valence-corrected chi connectivity index (χ1v) is 5.34. The molecule has 5 nitrogen and oxygen atoms in total. The van der Waals surface area contributed by atoms with Crippen molar-refractivity contribution in [2.24, 2.45) is 0 Å². The van der Waals surface area contributed by atoms with Gasteiger partial charge in [-0.05, 0) is 12.5 Å². The average molecular weight is 242 g/mol. The Morgan fingerprint density at radius 1 is 1.69 bits per heavy atom. The van der Waals surface area contributed by atoms with Crippen LogP contribution in [0.15, 0.2) is 12.3 Å². The number of hydrogen-bond donors (Lipinski definition) is 2. The van der Waals surface area contributed by atoms with Crippen molar-refractivity contribution in [3.05, 3.63) is 22.8 Å². The van der Waals surface area contributed by atoms with Gasteiger partial charge in [0.25, 0.3) is 5.91 Å². The molecule has 1 aromatic heterocycles. The maximum atomic E-state index is 12.0. The number of nitrogens with two attached hydrogens (primary N) is 1. The van der Waals surface area contributed by atoms with E-state index in [9.17, 15) is 9.90 Å². The molecule has 0 radical (unpaired) electrons. The standard InChI is InChI=1S/C10H12ClN3O2/c11-8-4-13-9(12)3-7(8)10(16)14-2-1-6(15)5-14/h3-4,6,15H,1-2,5H2,(H2,12,13). The average Bonchev–Trinajstić information content (AvgIpc) is 2.67. The Morgan fingerprint density at radius 3 is 3.06 bits per heavy atom. The van der Waals surface area contributed by atoms with E-state index < -0.39 is 6.10 Å². The van der Waals surface area contributed by atoms with Crippen molar-refractivity contribution in [2.45, 2.75) is 12.5 Å². The fraction of sp³-hybridized carbons (Fsp3) is 0.400. The molecule has 1 aliphatic rings. The van der Waals surface area contributed by atoms with Crippen LogP contribution in [-0.2, 0) is 0 Å². The number of β-amino-alcohol motifs (C(OH)–C–C–N with tert-alkyl or cyclic N) is 1. The van der Waals surface area contributed by atoms with E-state index in [1.807, 2.05) is 0 Å². The Hall–Kier alpha value is -1.33. The van der Waals surface area contributed by atoms with E-state index in [1.165, 1.54) is 12.3 Å². The van der Waals surface area contributed by atoms with Gasteiger partial charge in [0.05, 0.1) is 16.7 Å². The minimum absolute atomic E-state index is 0.212. The Kier molecular flexibility index (Phi) is 2.98. The molecule has 0 aliphatic carbocycles. The van der Waals surface area contributed by atoms with Crippen molar-refractivity contribution in [1.29, 1.82) is 0 Å². The molecule has 0 saturated carbocycles. The number of amides is 1. The van der Waals surface area contributed by atoms with E-state index in [-0.39, 0.29) is 16.7 Å². The van der Waals surface area contributed by atoms with Crippen molar-refractivity contribution in [3.63, 3.8) is 0 Å². The fourth-order valence-corrected chi connectivity index (χ4v) is 1.90. The van der Waals surface area contributed by atoms with Crippen LogP contribution in [0.1, 0.15) is 16.8 Å². The molecule has 0 spiro atoms. The van der Waals surface area contributed by atoms with Gasteiger partial charge in [-0.15, -0.1) is 0 Å². The number of nitrogens with zero attached hydrogens (tertiary/aromatic N) is 2. The maximum Gasteiger partial charge on any atom is 0.255 e. The van der Waals surface area contributed by atoms with Crippen LogP contribution >= 0.6 is 11.6 Å². The summed E-state index contributed by atoms with van der Waals surface area (Å²) in [4.78, 5) is 17.4. The predicted molar refractivity (Wildman–Crippen MR) is 60.2 cm³/mol. The molecule has 1 aromatic rings. The van der Waals surface area contributed by atoms with Gasteiger partial charge in [-0.1, -0.05) is 11.6 Å². The van der Waals surface area contributed by atoms with Gasteiger partial charge in [0.15, 0.2) is 0 Å². The summed E-state index contributed by atoms with van der Waals surface area (Å²) in [5.74, 6) is 0.0446. The molecule has 1 aliphatic heterocycles. The highest BCUT2D eigenvalue weighted by atomic mass is 35.5. The molecule has 1 unspecified atom stereocenters. The van der Waals surface area contributed by atoms with Crippen LogP contribution < -0.4 is 5.73 Å². The molecule has 0 aromatic carbocycles. The summed E-state index contributed by atoms with van der Waals surface area (Å²) >= 11 is 5.88. The molecular weight excluding hydrogens is 230 g/mol. The fourth-order valence-electron chi connectivity index (χ4n) is 1.72. The highest BCUT2D eigenvalue weighted by Crippen LogP contribution is 2.21. The predicted octanol–water partition coefficient (Wildman–Crippen LogP) is 0.524. The Balaban J connectivity index is 2.23. The lowest BCUT2D eigenvalue weighted by Gasteiger charge is -2.16. The van der Waals surface area contributed by atoms with Gasteiger partial charge < -0.3 is 15.7 Å². The molecule has 1 atom stereocenters. The van der Waals surface area contributed by atoms with Gasteiger partial charge in [0.2, 0.25) is 0 Å². The van der Waals surface area contributed by atoms with Gasteiger partial charge in [-0.2, -0.15) is 0 Å². The number of halogens is 1. The van der Waals surface area contributed by atoms with E-state index in [0.29, 0.717) is 25.1 Å². The molecule has 0 bridgehead atoms. The highest BCUT2D eigenvalue weighted by molar-refractivity contribution is 6.33. The molecular formula is C10H12ClN3O2. The maximum absolute atomic E-state index is 12.0. The van der Waals surface area contributed by atoms with Gasteiger partial charge in [-0.25, -0.2) is 4.98 Å². The molecule has 3 N–H and O–H groups in total. The van der Waals surface area contributed by atoms with Gasteiger partial charge in [0.1, 0.15) is 5.82 Å². The molecule has 1 saturated heterocycles. The number of aliphatic hydroxyl groups is 1. The van der Waals surface area contributed by atoms with E-state index in [0.717, 1.165) is 0 Å². The first kappa shape index (κ1) is 11.2. The van der Waals surface area contributed by atoms with Crippen molar-refractivity contribution in [1.82, 2.24) is 9.88 Å². The normalized spacial score (nSPS) is 20.1. The number of carbonyl (C=O) groups is 1. The van der Waals surface area contributed by atoms with Crippen LogP contribution in [0.5, 0.6) is 0 Å². The lowest BCUT2D eigenvalue weighted by atomic mass is 10.2. The molecule has 2 heterocycles. The lowest BCUT2D eigenvalue weighted by molar-refractivity contribution is 0.0765. The zero-order valence-corrected chi connectivity index (χ0v) is 9.31. The summed E-state index contributed by atoms with van der Waals surface area (Å²) in [6, 6.07) is 1.45. The van der Waals surface area contributed by atoms with E-state index in [4.69, 9.17) is 17.3 Å². The summed E-state index contributed by atoms with van der Waals surface area (Å²) in [7, 11) is 0. The van der Waals surface area contributed by atoms with Crippen molar-refractivity contribution in [2.75, 3.05) is 18.8 Å². The summed E-state index contributed by atoms with van der Waals surface area (Å²) in [5.41, 5.74) is 5.84. The SMILES string of the molecule is Nc1cc(C(=O)N2CCC(O)C2)c(Cl)cn1. The van der Waals surface area contributed by atoms with Crippen LogP contribution in [0, 0.1) is 0 Å². The number of aliphatic hydroxyl groups excluding tert-OH is 1. The number of aromatic nitrogens is 1. The molecule has 2 rings (SSSR count). The third-order valence-electron chi connectivity index (χ3n) is 2.56. The second kappa shape index (κ2) is 4.27. The summed E-state index contributed by atoms with van der Waals surface area (Å²) < 4.78 is 0. The van der Waals surface area contributed by atoms with E-state index in [2.05, 4.69) is 4.98 Å². The number of rotatable bonds is 1. The molecule has 6 heteroatoms. The Bertz CT molecular complexity index is 425. The quantitative estimate of drug-likeness (QED) is 0.752. The third kappa shape index (κ3) is 2.10. The van der Waals surface area contributed by atoms with Crippen LogP contribution in [0.2, 0.25) is 5.02 Å². The zero-order chi connectivity index (χ0) is 11.7. The highest BCUT2D eigenvalue weighted by Gasteiger charge is 2.26. The monoisotopic (exact) mass is 241 g/mol. The topological polar surface area (TPSA) is 79.5 Å². The van der Waals surface area contributed by atoms with Gasteiger partial charge >= 0.3 is 0 Å². The van der Waals surface area contributed by atoms with Crippen LogP contribution in [0.4, 0.5) is 5.82 Å². The summed E-state index contributed by atoms with van der Waals surface area (Å²) in [5, 5.41) is 9.63. The first-order valence-electron chi connectivity index (χ1n) is 4.96. The Labute approximate surface area is 97.8 Å². The number of hydrogen-bond acceptors (Lipinski definition) is 4. The van der Waals surface area contributed by atoms with Crippen molar-refractivity contribution < 1.29 is 9.90 Å². The van der Waals surface area contributed by atoms with Gasteiger partial charge in [0, 0.05) is 19.3 Å². The summed E-state index contributed by atoms with van der Waals surface area (Å²) in [6.07, 6.45) is 1.52. The van der Waals surface area contributed by atoms with Crippen LogP contribution in [0.25, 0.3) is 0 Å². The van der Waals surface area contributed by atoms with Crippen molar-refractivity contribution in [3.8, 4) is 0 Å². The minimum Gasteiger partial charge on any atom is -0.391 e. The summed E-state index contributed by atoms with van der Waals surface area (Å²) in [6.45, 7) is 0.885. The lowest BCUT2D eigenvalue weighted by Crippen LogP contribution is -2.29. The van der Waals surface area contributed by atoms with E-state index >= 15 is 0 Å². The van der Waals surface area contributed by atoms with Gasteiger partial charge in [-0.3, -0.25) is 4.79 Å². The number of nitrogen functional groups attached to an aromatic ring is 1. The molecule has 16 heavy (non-hydrogen) atoms. The second-order valence-corrected chi connectivity index (χ2v) is 4.19. The molecule has 86 valence electrons. The minimum atomic E-state index is -0.443.